The number of allylic oxidation sites excluding steroid dienone is 7. The predicted octanol–water partition coefficient (Wildman–Crippen LogP) is 8.35. The number of H-pyrrole nitrogens is 1. The number of aliphatic hydroxyl groups is 1. The molecule has 3 N–H and O–H groups in total. The highest BCUT2D eigenvalue weighted by atomic mass is 19.1. The van der Waals surface area contributed by atoms with Gasteiger partial charge >= 0.3 is 5.76 Å². The second-order valence-electron chi connectivity index (χ2n) is 11.1. The lowest BCUT2D eigenvalue weighted by molar-refractivity contribution is 0.130. The minimum Gasteiger partial charge on any atom is -0.488 e. The topological polar surface area (TPSA) is 113 Å². The number of aliphatic hydroxyl groups excluding tert-OH is 1. The molecular weight excluding hydrogens is 595 g/mol. The van der Waals surface area contributed by atoms with Crippen LogP contribution in [-0.4, -0.2) is 40.8 Å². The van der Waals surface area contributed by atoms with E-state index >= 15 is 4.39 Å². The summed E-state index contributed by atoms with van der Waals surface area (Å²) in [4.78, 5) is 18.2. The van der Waals surface area contributed by atoms with Crippen LogP contribution in [0.25, 0.3) is 11.1 Å². The van der Waals surface area contributed by atoms with Crippen LogP contribution >= 0.6 is 0 Å². The summed E-state index contributed by atoms with van der Waals surface area (Å²) in [7, 11) is 1.74. The molecule has 0 radical (unpaired) electrons. The molecule has 1 unspecified atom stereocenters. The number of benzene rings is 2. The van der Waals surface area contributed by atoms with Crippen LogP contribution in [0.1, 0.15) is 89.7 Å². The highest BCUT2D eigenvalue weighted by Gasteiger charge is 2.19. The molecule has 254 valence electrons. The lowest BCUT2D eigenvalue weighted by Crippen LogP contribution is -2.22. The second kappa shape index (κ2) is 19.9. The molecule has 4 rings (SSSR count). The monoisotopic (exact) mass is 646 g/mol. The zero-order valence-electron chi connectivity index (χ0n) is 29.2. The molecule has 0 aliphatic heterocycles. The quantitative estimate of drug-likeness (QED) is 0.110. The molecule has 1 heterocycles. The fraction of sp³-hybridized carbons (Fsp3) is 0.395. The van der Waals surface area contributed by atoms with E-state index < -0.39 is 5.76 Å². The van der Waals surface area contributed by atoms with Crippen molar-refractivity contribution in [1.29, 1.82) is 0 Å². The minimum atomic E-state index is -0.615. The van der Waals surface area contributed by atoms with Crippen LogP contribution in [0, 0.1) is 12.7 Å². The molecule has 1 aliphatic rings. The standard InChI is InChI=1S/C26H31FN4O2.C10H14O2.C2H6/c1-6-9-24(29-17(4)28-5)22(16(2)3)14-19-13-12-18(15-23(19)27)20-10-7-8-11-21(20)25-30-26(32)33-31-25;1-8-3-5-10(6-4-8)12-9(2)7-11;1-2/h10-13,15H,2,6-9,14H2,1,3-5H3,(H,28,29)(H,30,31,32);3-6,9,11H,7H2,1-2H3;1-2H3/b24-22-;;. The van der Waals surface area contributed by atoms with Crippen molar-refractivity contribution in [2.24, 2.45) is 4.99 Å². The largest absolute Gasteiger partial charge is 0.488 e. The number of aromatic nitrogens is 2. The Kier molecular flexibility index (Phi) is 16.4. The number of aryl methyl sites for hydroxylation is 1. The number of ether oxygens (including phenoxy) is 1. The number of hydrogen-bond donors (Lipinski definition) is 3. The van der Waals surface area contributed by atoms with Crippen molar-refractivity contribution in [3.63, 3.8) is 0 Å². The van der Waals surface area contributed by atoms with Gasteiger partial charge in [-0.2, -0.15) is 0 Å². The first-order valence-corrected chi connectivity index (χ1v) is 16.2. The van der Waals surface area contributed by atoms with Gasteiger partial charge in [0.05, 0.1) is 12.4 Å². The maximum absolute atomic E-state index is 15.3. The van der Waals surface area contributed by atoms with Crippen molar-refractivity contribution >= 4 is 17.0 Å². The van der Waals surface area contributed by atoms with Crippen LogP contribution in [-0.2, 0) is 6.42 Å². The van der Waals surface area contributed by atoms with Crippen LogP contribution in [0.15, 0.2) is 92.3 Å². The molecule has 1 aromatic heterocycles. The van der Waals surface area contributed by atoms with Gasteiger partial charge in [-0.15, -0.1) is 0 Å². The summed E-state index contributed by atoms with van der Waals surface area (Å²) in [6.45, 7) is 18.0. The molecular formula is C38H51FN4O4. The number of rotatable bonds is 11. The van der Waals surface area contributed by atoms with E-state index in [2.05, 4.69) is 38.5 Å². The fourth-order valence-electron chi connectivity index (χ4n) is 4.78. The van der Waals surface area contributed by atoms with Crippen molar-refractivity contribution in [3.05, 3.63) is 117 Å². The summed E-state index contributed by atoms with van der Waals surface area (Å²) in [5, 5.41) is 15.9. The van der Waals surface area contributed by atoms with E-state index in [0.29, 0.717) is 17.8 Å². The lowest BCUT2D eigenvalue weighted by atomic mass is 9.89. The second-order valence-corrected chi connectivity index (χ2v) is 11.1. The zero-order chi connectivity index (χ0) is 34.9. The molecule has 1 aliphatic carbocycles. The molecule has 0 amide bonds. The Morgan fingerprint density at radius 3 is 2.34 bits per heavy atom. The number of halogens is 1. The Morgan fingerprint density at radius 2 is 1.81 bits per heavy atom. The fourth-order valence-corrected chi connectivity index (χ4v) is 4.78. The number of nitrogens with one attached hydrogen (secondary N) is 2. The normalized spacial score (nSPS) is 13.9. The van der Waals surface area contributed by atoms with E-state index in [9.17, 15) is 4.79 Å². The summed E-state index contributed by atoms with van der Waals surface area (Å²) in [5.41, 5.74) is 7.01. The van der Waals surface area contributed by atoms with Gasteiger partial charge in [0.1, 0.15) is 17.7 Å². The predicted molar refractivity (Wildman–Crippen MR) is 191 cm³/mol. The van der Waals surface area contributed by atoms with Crippen LogP contribution in [0.2, 0.25) is 0 Å². The van der Waals surface area contributed by atoms with Gasteiger partial charge in [-0.05, 0) is 87.4 Å². The van der Waals surface area contributed by atoms with Gasteiger partial charge in [0.15, 0.2) is 5.82 Å². The molecule has 9 heteroatoms. The maximum atomic E-state index is 15.3. The zero-order valence-corrected chi connectivity index (χ0v) is 29.2. The van der Waals surface area contributed by atoms with E-state index in [-0.39, 0.29) is 18.5 Å². The SMILES string of the molecule is C=C(C)/C(Cc1ccc(C2=CCCC=C2c2noc(=O)[nH]2)cc1F)=C(/CCC)NC(C)=NC.CC.Cc1ccc(OC(C)CO)cc1. The Labute approximate surface area is 278 Å². The summed E-state index contributed by atoms with van der Waals surface area (Å²) in [6.07, 6.45) is 7.73. The van der Waals surface area contributed by atoms with E-state index in [4.69, 9.17) is 9.84 Å². The molecule has 8 nitrogen and oxygen atoms in total. The van der Waals surface area contributed by atoms with Crippen molar-refractivity contribution in [2.45, 2.75) is 86.7 Å². The third-order valence-corrected chi connectivity index (χ3v) is 7.24. The van der Waals surface area contributed by atoms with Gasteiger partial charge in [-0.25, -0.2) is 9.18 Å². The highest BCUT2D eigenvalue weighted by Crippen LogP contribution is 2.34. The van der Waals surface area contributed by atoms with E-state index in [1.54, 1.807) is 13.1 Å². The average Bonchev–Trinajstić information content (AvgIpc) is 3.52. The van der Waals surface area contributed by atoms with Crippen LogP contribution in [0.4, 0.5) is 4.39 Å². The number of nitrogens with zero attached hydrogens (tertiary/aromatic N) is 2. The first-order valence-electron chi connectivity index (χ1n) is 16.2. The Morgan fingerprint density at radius 1 is 1.15 bits per heavy atom. The average molecular weight is 647 g/mol. The first-order chi connectivity index (χ1) is 22.6. The van der Waals surface area contributed by atoms with E-state index in [1.165, 1.54) is 5.56 Å². The molecule has 0 saturated heterocycles. The smallest absolute Gasteiger partial charge is 0.439 e. The summed E-state index contributed by atoms with van der Waals surface area (Å²) in [5.74, 6) is 1.06. The molecule has 0 fully saturated rings. The van der Waals surface area contributed by atoms with Gasteiger partial charge in [0, 0.05) is 24.7 Å². The van der Waals surface area contributed by atoms with Crippen molar-refractivity contribution in [1.82, 2.24) is 15.5 Å². The Balaban J connectivity index is 0.000000458. The number of hydrogen-bond acceptors (Lipinski definition) is 6. The van der Waals surface area contributed by atoms with Gasteiger partial charge in [-0.1, -0.05) is 86.5 Å². The summed E-state index contributed by atoms with van der Waals surface area (Å²) >= 11 is 0. The molecule has 0 saturated carbocycles. The first kappa shape index (κ1) is 38.7. The lowest BCUT2D eigenvalue weighted by Gasteiger charge is -2.19. The van der Waals surface area contributed by atoms with E-state index in [0.717, 1.165) is 70.8 Å². The van der Waals surface area contributed by atoms with Crippen molar-refractivity contribution in [2.75, 3.05) is 13.7 Å². The Bertz CT molecular complexity index is 1630. The van der Waals surface area contributed by atoms with Gasteiger partial charge in [0.25, 0.3) is 0 Å². The van der Waals surface area contributed by atoms with Crippen molar-refractivity contribution in [3.8, 4) is 5.75 Å². The number of amidine groups is 1. The van der Waals surface area contributed by atoms with Crippen LogP contribution in [0.3, 0.4) is 0 Å². The van der Waals surface area contributed by atoms with E-state index in [1.807, 2.05) is 90.1 Å². The molecule has 0 bridgehead atoms. The van der Waals surface area contributed by atoms with Gasteiger partial charge in [0.2, 0.25) is 0 Å². The molecule has 2 aromatic carbocycles. The van der Waals surface area contributed by atoms with Gasteiger partial charge < -0.3 is 15.2 Å². The van der Waals surface area contributed by atoms with Crippen LogP contribution in [0.5, 0.6) is 5.75 Å². The molecule has 3 aromatic rings. The third-order valence-electron chi connectivity index (χ3n) is 7.24. The van der Waals surface area contributed by atoms with Crippen LogP contribution < -0.4 is 15.8 Å². The summed E-state index contributed by atoms with van der Waals surface area (Å²) in [6, 6.07) is 13.0. The van der Waals surface area contributed by atoms with Crippen molar-refractivity contribution < 1.29 is 18.8 Å². The molecule has 1 atom stereocenters. The minimum absolute atomic E-state index is 0.0495. The Hall–Kier alpha value is -4.50. The number of aromatic amines is 1. The maximum Gasteiger partial charge on any atom is 0.439 e. The third kappa shape index (κ3) is 12.0. The highest BCUT2D eigenvalue weighted by molar-refractivity contribution is 6.04. The number of aliphatic imine (C=N–C) groups is 1. The molecule has 0 spiro atoms. The van der Waals surface area contributed by atoms with Gasteiger partial charge in [-0.3, -0.25) is 14.5 Å². The molecule has 47 heavy (non-hydrogen) atoms. The summed E-state index contributed by atoms with van der Waals surface area (Å²) < 4.78 is 25.3.